The van der Waals surface area contributed by atoms with E-state index in [9.17, 15) is 9.59 Å². The summed E-state index contributed by atoms with van der Waals surface area (Å²) in [5.41, 5.74) is 1.42. The summed E-state index contributed by atoms with van der Waals surface area (Å²) in [7, 11) is 0. The van der Waals surface area contributed by atoms with E-state index >= 15 is 0 Å². The van der Waals surface area contributed by atoms with Gasteiger partial charge in [-0.1, -0.05) is 13.0 Å². The molecule has 114 valence electrons. The molecule has 1 aliphatic heterocycles. The Hall–Kier alpha value is -2.04. The van der Waals surface area contributed by atoms with Gasteiger partial charge in [0, 0.05) is 18.3 Å². The molecule has 2 atom stereocenters. The number of rotatable bonds is 2. The van der Waals surface area contributed by atoms with Crippen LogP contribution in [0.25, 0.3) is 0 Å². The van der Waals surface area contributed by atoms with E-state index in [0.717, 1.165) is 19.4 Å². The van der Waals surface area contributed by atoms with Crippen LogP contribution in [0.3, 0.4) is 0 Å². The van der Waals surface area contributed by atoms with Gasteiger partial charge in [0.2, 0.25) is 0 Å². The first-order valence-electron chi connectivity index (χ1n) is 7.30. The van der Waals surface area contributed by atoms with E-state index in [4.69, 9.17) is 5.11 Å². The Kier molecular flexibility index (Phi) is 4.50. The zero-order valence-electron chi connectivity index (χ0n) is 12.7. The molecular formula is C16H22N2O3. The van der Waals surface area contributed by atoms with E-state index in [-0.39, 0.29) is 17.6 Å². The fourth-order valence-electron chi connectivity index (χ4n) is 2.70. The molecule has 1 aromatic rings. The number of piperidine rings is 1. The molecule has 0 spiro atoms. The molecule has 0 aliphatic carbocycles. The van der Waals surface area contributed by atoms with Crippen molar-refractivity contribution in [2.75, 3.05) is 11.9 Å². The van der Waals surface area contributed by atoms with Crippen molar-refractivity contribution in [3.8, 4) is 0 Å². The quantitative estimate of drug-likeness (QED) is 0.877. The summed E-state index contributed by atoms with van der Waals surface area (Å²) >= 11 is 0. The first kappa shape index (κ1) is 15.4. The Morgan fingerprint density at radius 1 is 1.29 bits per heavy atom. The lowest BCUT2D eigenvalue weighted by Gasteiger charge is -2.36. The first-order chi connectivity index (χ1) is 9.88. The highest BCUT2D eigenvalue weighted by atomic mass is 16.4. The number of nitrogens with one attached hydrogen (secondary N) is 1. The van der Waals surface area contributed by atoms with E-state index in [1.165, 1.54) is 6.07 Å². The van der Waals surface area contributed by atoms with Crippen molar-refractivity contribution < 1.29 is 14.7 Å². The summed E-state index contributed by atoms with van der Waals surface area (Å²) in [6.07, 6.45) is 2.14. The van der Waals surface area contributed by atoms with Crippen LogP contribution in [-0.2, 0) is 0 Å². The molecule has 2 amide bonds. The van der Waals surface area contributed by atoms with Gasteiger partial charge in [-0.05, 0) is 50.3 Å². The van der Waals surface area contributed by atoms with Gasteiger partial charge in [-0.25, -0.2) is 9.59 Å². The van der Waals surface area contributed by atoms with Crippen LogP contribution in [0.5, 0.6) is 0 Å². The lowest BCUT2D eigenvalue weighted by Crippen LogP contribution is -2.46. The average molecular weight is 290 g/mol. The van der Waals surface area contributed by atoms with E-state index in [1.807, 2.05) is 11.8 Å². The Labute approximate surface area is 125 Å². The third-order valence-electron chi connectivity index (χ3n) is 4.10. The Morgan fingerprint density at radius 3 is 2.67 bits per heavy atom. The third-order valence-corrected chi connectivity index (χ3v) is 4.10. The summed E-state index contributed by atoms with van der Waals surface area (Å²) < 4.78 is 0. The standard InChI is InChI=1S/C16H22N2O3/c1-10-4-6-12(3)18(9-10)16(21)17-13-7-5-11(2)14(8-13)15(19)20/h5,7-8,10,12H,4,6,9H2,1-3H3,(H,17,21)(H,19,20). The molecule has 0 saturated carbocycles. The van der Waals surface area contributed by atoms with Gasteiger partial charge in [-0.15, -0.1) is 0 Å². The summed E-state index contributed by atoms with van der Waals surface area (Å²) in [5.74, 6) is -0.483. The number of nitrogens with zero attached hydrogens (tertiary/aromatic N) is 1. The fraction of sp³-hybridized carbons (Fsp3) is 0.500. The summed E-state index contributed by atoms with van der Waals surface area (Å²) in [5, 5.41) is 11.9. The number of carboxylic acids is 1. The fourth-order valence-corrected chi connectivity index (χ4v) is 2.70. The topological polar surface area (TPSA) is 69.6 Å². The minimum atomic E-state index is -0.983. The molecule has 21 heavy (non-hydrogen) atoms. The number of likely N-dealkylation sites (tertiary alicyclic amines) is 1. The lowest BCUT2D eigenvalue weighted by molar-refractivity contribution is 0.0696. The van der Waals surface area contributed by atoms with E-state index in [2.05, 4.69) is 12.2 Å². The van der Waals surface area contributed by atoms with Crippen molar-refractivity contribution in [2.45, 2.75) is 39.7 Å². The number of aromatic carboxylic acids is 1. The normalized spacial score (nSPS) is 22.0. The van der Waals surface area contributed by atoms with Crippen molar-refractivity contribution in [2.24, 2.45) is 5.92 Å². The van der Waals surface area contributed by atoms with Gasteiger partial charge in [-0.2, -0.15) is 0 Å². The second-order valence-electron chi connectivity index (χ2n) is 5.95. The van der Waals surface area contributed by atoms with Gasteiger partial charge in [0.1, 0.15) is 0 Å². The van der Waals surface area contributed by atoms with E-state index in [0.29, 0.717) is 17.2 Å². The molecule has 0 aromatic heterocycles. The highest BCUT2D eigenvalue weighted by Crippen LogP contribution is 2.23. The number of amides is 2. The van der Waals surface area contributed by atoms with Crippen LogP contribution in [0, 0.1) is 12.8 Å². The van der Waals surface area contributed by atoms with Gasteiger partial charge < -0.3 is 15.3 Å². The van der Waals surface area contributed by atoms with E-state index < -0.39 is 5.97 Å². The molecule has 2 rings (SSSR count). The molecular weight excluding hydrogens is 268 g/mol. The van der Waals surface area contributed by atoms with Crippen molar-refractivity contribution in [3.05, 3.63) is 29.3 Å². The van der Waals surface area contributed by atoms with Gasteiger partial charge in [0.05, 0.1) is 5.56 Å². The summed E-state index contributed by atoms with van der Waals surface area (Å²) in [6.45, 7) is 6.66. The number of carbonyl (C=O) groups is 2. The molecule has 1 saturated heterocycles. The minimum Gasteiger partial charge on any atom is -0.478 e. The maximum Gasteiger partial charge on any atom is 0.336 e. The highest BCUT2D eigenvalue weighted by Gasteiger charge is 2.27. The van der Waals surface area contributed by atoms with Crippen LogP contribution in [0.15, 0.2) is 18.2 Å². The monoisotopic (exact) mass is 290 g/mol. The van der Waals surface area contributed by atoms with Crippen LogP contribution in [0.4, 0.5) is 10.5 Å². The van der Waals surface area contributed by atoms with Crippen LogP contribution in [-0.4, -0.2) is 34.6 Å². The molecule has 0 bridgehead atoms. The van der Waals surface area contributed by atoms with Crippen molar-refractivity contribution in [1.82, 2.24) is 4.90 Å². The maximum atomic E-state index is 12.4. The second kappa shape index (κ2) is 6.16. The van der Waals surface area contributed by atoms with Crippen molar-refractivity contribution in [3.63, 3.8) is 0 Å². The summed E-state index contributed by atoms with van der Waals surface area (Å²) in [6, 6.07) is 5.01. The lowest BCUT2D eigenvalue weighted by atomic mass is 9.95. The number of hydrogen-bond donors (Lipinski definition) is 2. The minimum absolute atomic E-state index is 0.158. The molecule has 1 heterocycles. The number of carbonyl (C=O) groups excluding carboxylic acids is 1. The summed E-state index contributed by atoms with van der Waals surface area (Å²) in [4.78, 5) is 25.3. The van der Waals surface area contributed by atoms with Crippen molar-refractivity contribution in [1.29, 1.82) is 0 Å². The van der Waals surface area contributed by atoms with Gasteiger partial charge >= 0.3 is 12.0 Å². The molecule has 2 N–H and O–H groups in total. The zero-order chi connectivity index (χ0) is 15.6. The first-order valence-corrected chi connectivity index (χ1v) is 7.30. The predicted molar refractivity (Wildman–Crippen MR) is 81.7 cm³/mol. The third kappa shape index (κ3) is 3.54. The Morgan fingerprint density at radius 2 is 2.00 bits per heavy atom. The molecule has 0 radical (unpaired) electrons. The molecule has 5 nitrogen and oxygen atoms in total. The van der Waals surface area contributed by atoms with E-state index in [1.54, 1.807) is 19.1 Å². The highest BCUT2D eigenvalue weighted by molar-refractivity contribution is 5.94. The largest absolute Gasteiger partial charge is 0.478 e. The van der Waals surface area contributed by atoms with Crippen LogP contribution < -0.4 is 5.32 Å². The van der Waals surface area contributed by atoms with Crippen LogP contribution in [0.1, 0.15) is 42.6 Å². The predicted octanol–water partition coefficient (Wildman–Crippen LogP) is 3.35. The number of benzene rings is 1. The number of hydrogen-bond acceptors (Lipinski definition) is 2. The number of urea groups is 1. The average Bonchev–Trinajstić information content (AvgIpc) is 2.43. The molecule has 2 unspecified atom stereocenters. The SMILES string of the molecule is Cc1ccc(NC(=O)N2CC(C)CCC2C)cc1C(=O)O. The molecule has 1 fully saturated rings. The zero-order valence-corrected chi connectivity index (χ0v) is 12.7. The van der Waals surface area contributed by atoms with Gasteiger partial charge in [-0.3, -0.25) is 0 Å². The smallest absolute Gasteiger partial charge is 0.336 e. The maximum absolute atomic E-state index is 12.4. The van der Waals surface area contributed by atoms with Crippen LogP contribution in [0.2, 0.25) is 0 Å². The number of carboxylic acid groups (broad SMARTS) is 1. The van der Waals surface area contributed by atoms with Crippen LogP contribution >= 0.6 is 0 Å². The molecule has 1 aromatic carbocycles. The van der Waals surface area contributed by atoms with Crippen molar-refractivity contribution >= 4 is 17.7 Å². The Bertz CT molecular complexity index is 556. The Balaban J connectivity index is 2.12. The molecule has 1 aliphatic rings. The van der Waals surface area contributed by atoms with Gasteiger partial charge in [0.25, 0.3) is 0 Å². The molecule has 5 heteroatoms. The number of anilines is 1. The second-order valence-corrected chi connectivity index (χ2v) is 5.95. The number of aryl methyl sites for hydroxylation is 1. The van der Waals surface area contributed by atoms with Gasteiger partial charge in [0.15, 0.2) is 0 Å².